The van der Waals surface area contributed by atoms with E-state index in [4.69, 9.17) is 21.8 Å². The Morgan fingerprint density at radius 3 is 1.56 bits per heavy atom. The average Bonchev–Trinajstić information content (AvgIpc) is 3.78. The molecule has 0 saturated heterocycles. The molecule has 3 nitrogen and oxygen atoms in total. The normalized spacial score (nSPS) is 13.2. The highest BCUT2D eigenvalue weighted by Gasteiger charge is 2.21. The van der Waals surface area contributed by atoms with E-state index in [1.165, 1.54) is 0 Å². The first kappa shape index (κ1) is 22.7. The Morgan fingerprint density at radius 1 is 0.417 bits per heavy atom. The molecular weight excluding hydrogens is 623 g/mol. The largest absolute Gasteiger partial charge is 0.208 e. The van der Waals surface area contributed by atoms with Crippen molar-refractivity contribution in [3.63, 3.8) is 0 Å². The minimum atomic E-state index is -0.441. The number of thiophene rings is 2. The SMILES string of the molecule is [2H]c1c([2H])c([2H])c(-c2ccc3ccccc3c2-c2nc(-c3cccc4c3sc3ccccc34)nc(-c3cccc4c3sc3ccccc34)n2)c([2H])c1[2H]. The Hall–Kier alpha value is -5.75. The highest BCUT2D eigenvalue weighted by Crippen LogP contribution is 2.43. The summed E-state index contributed by atoms with van der Waals surface area (Å²) in [6, 6.07) is 38.8. The molecule has 0 fully saturated rings. The summed E-state index contributed by atoms with van der Waals surface area (Å²) in [5.74, 6) is 1.32. The molecule has 0 saturated carbocycles. The van der Waals surface area contributed by atoms with Gasteiger partial charge in [0, 0.05) is 57.0 Å². The second-order valence-electron chi connectivity index (χ2n) is 11.6. The molecule has 224 valence electrons. The quantitative estimate of drug-likeness (QED) is 0.190. The van der Waals surface area contributed by atoms with Gasteiger partial charge in [-0.3, -0.25) is 0 Å². The van der Waals surface area contributed by atoms with Gasteiger partial charge in [0.05, 0.1) is 6.85 Å². The molecule has 0 aliphatic rings. The van der Waals surface area contributed by atoms with Crippen LogP contribution < -0.4 is 0 Å². The first-order chi connectivity index (χ1) is 25.9. The molecule has 0 N–H and O–H groups in total. The number of rotatable bonds is 4. The second-order valence-corrected chi connectivity index (χ2v) is 13.7. The van der Waals surface area contributed by atoms with Crippen molar-refractivity contribution in [2.45, 2.75) is 0 Å². The van der Waals surface area contributed by atoms with Gasteiger partial charge in [0.25, 0.3) is 0 Å². The van der Waals surface area contributed by atoms with Crippen molar-refractivity contribution >= 4 is 73.8 Å². The zero-order valence-electron chi connectivity index (χ0n) is 30.2. The van der Waals surface area contributed by atoms with Crippen LogP contribution in [0.15, 0.2) is 152 Å². The molecule has 0 unspecified atom stereocenters. The van der Waals surface area contributed by atoms with E-state index in [1.807, 2.05) is 84.9 Å². The summed E-state index contributed by atoms with van der Waals surface area (Å²) < 4.78 is 47.7. The standard InChI is InChI=1S/C43H25N3S2/c1-2-12-26(13-3-1)29-25-24-27-14-4-5-15-28(27)38(29)43-45-41(34-20-10-18-32-30-16-6-8-22-36(30)47-39(32)34)44-42(46-43)35-21-11-19-33-31-17-7-9-23-37(31)48-40(33)35/h1-25H/i1D,2D,3D,12D,13D. The second kappa shape index (κ2) is 10.9. The lowest BCUT2D eigenvalue weighted by Crippen LogP contribution is -2.02. The smallest absolute Gasteiger partial charge is 0.165 e. The van der Waals surface area contributed by atoms with Crippen molar-refractivity contribution in [1.29, 1.82) is 0 Å². The maximum absolute atomic E-state index is 8.96. The molecule has 0 radical (unpaired) electrons. The van der Waals surface area contributed by atoms with Crippen molar-refractivity contribution in [3.8, 4) is 45.3 Å². The zero-order valence-corrected chi connectivity index (χ0v) is 26.8. The lowest BCUT2D eigenvalue weighted by atomic mass is 9.93. The van der Waals surface area contributed by atoms with Crippen molar-refractivity contribution in [3.05, 3.63) is 152 Å². The summed E-state index contributed by atoms with van der Waals surface area (Å²) in [5.41, 5.74) is 2.84. The summed E-state index contributed by atoms with van der Waals surface area (Å²) in [6.07, 6.45) is 0. The van der Waals surface area contributed by atoms with E-state index in [2.05, 4.69) is 36.4 Å². The Kier molecular flexibility index (Phi) is 5.17. The molecule has 3 heterocycles. The molecular formula is C43H25N3S2. The predicted octanol–water partition coefficient (Wildman–Crippen LogP) is 12.4. The van der Waals surface area contributed by atoms with Gasteiger partial charge in [0.15, 0.2) is 17.5 Å². The molecule has 0 amide bonds. The minimum Gasteiger partial charge on any atom is -0.208 e. The first-order valence-corrected chi connectivity index (χ1v) is 17.2. The fraction of sp³-hybridized carbons (Fsp3) is 0. The molecule has 10 aromatic rings. The van der Waals surface area contributed by atoms with Gasteiger partial charge in [-0.25, -0.2) is 15.0 Å². The third-order valence-electron chi connectivity index (χ3n) is 8.85. The Morgan fingerprint density at radius 2 is 0.938 bits per heavy atom. The Labute approximate surface area is 291 Å². The zero-order chi connectivity index (χ0) is 36.0. The molecule has 48 heavy (non-hydrogen) atoms. The number of benzene rings is 7. The van der Waals surface area contributed by atoms with Gasteiger partial charge in [-0.2, -0.15) is 0 Å². The van der Waals surface area contributed by atoms with Gasteiger partial charge in [-0.05, 0) is 46.2 Å². The van der Waals surface area contributed by atoms with Crippen LogP contribution in [0.1, 0.15) is 6.85 Å². The Balaban J connectivity index is 1.34. The fourth-order valence-electron chi connectivity index (χ4n) is 6.68. The van der Waals surface area contributed by atoms with Crippen LogP contribution in [0.5, 0.6) is 0 Å². The van der Waals surface area contributed by atoms with Crippen molar-refractivity contribution in [2.24, 2.45) is 0 Å². The lowest BCUT2D eigenvalue weighted by Gasteiger charge is -2.15. The van der Waals surface area contributed by atoms with Crippen molar-refractivity contribution in [2.75, 3.05) is 0 Å². The Bertz CT molecular complexity index is 2990. The molecule has 0 aliphatic heterocycles. The number of fused-ring (bicyclic) bond motifs is 7. The van der Waals surface area contributed by atoms with Crippen molar-refractivity contribution < 1.29 is 6.85 Å². The van der Waals surface area contributed by atoms with Gasteiger partial charge in [-0.15, -0.1) is 22.7 Å². The third-order valence-corrected chi connectivity index (χ3v) is 11.3. The van der Waals surface area contributed by atoms with E-state index >= 15 is 0 Å². The number of aromatic nitrogens is 3. The van der Waals surface area contributed by atoms with E-state index in [0.717, 1.165) is 62.2 Å². The minimum absolute atomic E-state index is 0.0958. The van der Waals surface area contributed by atoms with Crippen LogP contribution in [0.4, 0.5) is 0 Å². The van der Waals surface area contributed by atoms with E-state index in [-0.39, 0.29) is 17.6 Å². The summed E-state index contributed by atoms with van der Waals surface area (Å²) in [7, 11) is 0. The molecule has 0 aliphatic carbocycles. The predicted molar refractivity (Wildman–Crippen MR) is 205 cm³/mol. The van der Waals surface area contributed by atoms with Crippen LogP contribution in [-0.2, 0) is 0 Å². The van der Waals surface area contributed by atoms with E-state index in [0.29, 0.717) is 28.6 Å². The van der Waals surface area contributed by atoms with Crippen LogP contribution in [0.3, 0.4) is 0 Å². The number of hydrogen-bond acceptors (Lipinski definition) is 5. The van der Waals surface area contributed by atoms with Crippen LogP contribution in [-0.4, -0.2) is 15.0 Å². The lowest BCUT2D eigenvalue weighted by molar-refractivity contribution is 1.08. The highest BCUT2D eigenvalue weighted by atomic mass is 32.1. The summed E-state index contributed by atoms with van der Waals surface area (Å²) >= 11 is 3.39. The topological polar surface area (TPSA) is 38.7 Å². The van der Waals surface area contributed by atoms with Crippen LogP contribution in [0, 0.1) is 0 Å². The molecule has 0 spiro atoms. The van der Waals surface area contributed by atoms with E-state index in [9.17, 15) is 0 Å². The molecule has 3 aromatic heterocycles. The van der Waals surface area contributed by atoms with Crippen LogP contribution >= 0.6 is 22.7 Å². The summed E-state index contributed by atoms with van der Waals surface area (Å²) in [4.78, 5) is 15.7. The molecule has 0 atom stereocenters. The van der Waals surface area contributed by atoms with Crippen LogP contribution in [0.2, 0.25) is 0 Å². The fourth-order valence-corrected chi connectivity index (χ4v) is 9.10. The molecule has 10 rings (SSSR count). The summed E-state index contributed by atoms with van der Waals surface area (Å²) in [6.45, 7) is 0. The number of nitrogens with zero attached hydrogens (tertiary/aromatic N) is 3. The number of hydrogen-bond donors (Lipinski definition) is 0. The van der Waals surface area contributed by atoms with Gasteiger partial charge in [0.2, 0.25) is 0 Å². The maximum atomic E-state index is 8.96. The monoisotopic (exact) mass is 652 g/mol. The average molecular weight is 653 g/mol. The highest BCUT2D eigenvalue weighted by molar-refractivity contribution is 7.26. The molecule has 5 heteroatoms. The van der Waals surface area contributed by atoms with Gasteiger partial charge in [-0.1, -0.05) is 127 Å². The summed E-state index contributed by atoms with van der Waals surface area (Å²) in [5, 5.41) is 6.25. The molecule has 0 bridgehead atoms. The van der Waals surface area contributed by atoms with E-state index < -0.39 is 18.1 Å². The van der Waals surface area contributed by atoms with Gasteiger partial charge < -0.3 is 0 Å². The van der Waals surface area contributed by atoms with E-state index in [1.54, 1.807) is 22.7 Å². The van der Waals surface area contributed by atoms with Crippen molar-refractivity contribution in [1.82, 2.24) is 15.0 Å². The van der Waals surface area contributed by atoms with Gasteiger partial charge in [0.1, 0.15) is 0 Å². The van der Waals surface area contributed by atoms with Crippen LogP contribution in [0.25, 0.3) is 96.4 Å². The first-order valence-electron chi connectivity index (χ1n) is 18.0. The third kappa shape index (κ3) is 4.29. The maximum Gasteiger partial charge on any atom is 0.165 e. The van der Waals surface area contributed by atoms with Gasteiger partial charge >= 0.3 is 0 Å². The molecule has 7 aromatic carbocycles.